The maximum atomic E-state index is 12.8. The monoisotopic (exact) mass is 396 g/mol. The highest BCUT2D eigenvalue weighted by atomic mass is 16.6. The normalized spacial score (nSPS) is 20.8. The van der Waals surface area contributed by atoms with Crippen molar-refractivity contribution < 1.29 is 19.1 Å². The third-order valence-corrected chi connectivity index (χ3v) is 6.11. The summed E-state index contributed by atoms with van der Waals surface area (Å²) in [7, 11) is 0. The summed E-state index contributed by atoms with van der Waals surface area (Å²) in [6.45, 7) is 7.75. The molecule has 3 rings (SSSR count). The number of benzene rings is 2. The number of ether oxygens (including phenoxy) is 2. The van der Waals surface area contributed by atoms with Crippen molar-refractivity contribution in [3.8, 4) is 0 Å². The Morgan fingerprint density at radius 2 is 1.69 bits per heavy atom. The lowest BCUT2D eigenvalue weighted by Gasteiger charge is -2.32. The summed E-state index contributed by atoms with van der Waals surface area (Å²) in [5, 5.41) is 2.31. The largest absolute Gasteiger partial charge is 0.462 e. The van der Waals surface area contributed by atoms with Gasteiger partial charge in [0.05, 0.1) is 11.8 Å². The van der Waals surface area contributed by atoms with Crippen molar-refractivity contribution in [3.05, 3.63) is 48.0 Å². The lowest BCUT2D eigenvalue weighted by Crippen LogP contribution is -2.34. The number of rotatable bonds is 6. The van der Waals surface area contributed by atoms with Crippen LogP contribution in [0.1, 0.15) is 65.4 Å². The highest BCUT2D eigenvalue weighted by Crippen LogP contribution is 2.33. The molecule has 4 nitrogen and oxygen atoms in total. The van der Waals surface area contributed by atoms with Gasteiger partial charge in [0.1, 0.15) is 11.7 Å². The summed E-state index contributed by atoms with van der Waals surface area (Å²) in [4.78, 5) is 24.8. The molecular formula is C25H32O4. The van der Waals surface area contributed by atoms with Crippen LogP contribution in [-0.4, -0.2) is 18.0 Å². The number of fused-ring (bicyclic) bond motifs is 1. The Balaban J connectivity index is 1.57. The van der Waals surface area contributed by atoms with Gasteiger partial charge in [0.15, 0.2) is 0 Å². The van der Waals surface area contributed by atoms with E-state index in [4.69, 9.17) is 9.47 Å². The van der Waals surface area contributed by atoms with Crippen LogP contribution in [-0.2, 0) is 24.7 Å². The first kappa shape index (κ1) is 21.4. The molecule has 1 fully saturated rings. The van der Waals surface area contributed by atoms with Gasteiger partial charge in [-0.3, -0.25) is 9.59 Å². The quantitative estimate of drug-likeness (QED) is 0.582. The van der Waals surface area contributed by atoms with E-state index >= 15 is 0 Å². The van der Waals surface area contributed by atoms with Gasteiger partial charge in [-0.15, -0.1) is 0 Å². The van der Waals surface area contributed by atoms with Gasteiger partial charge in [-0.1, -0.05) is 50.2 Å². The van der Waals surface area contributed by atoms with Crippen molar-refractivity contribution in [2.75, 3.05) is 0 Å². The smallest absolute Gasteiger partial charge is 0.309 e. The fraction of sp³-hybridized carbons (Fsp3) is 0.520. The number of hydrogen-bond acceptors (Lipinski definition) is 4. The number of hydrogen-bond donors (Lipinski definition) is 0. The SMILES string of the molecule is CCC(C)C(=O)OC1CCC(C(=O)OC(C)(C)c2ccc3ccccc3c2)CC1. The maximum Gasteiger partial charge on any atom is 0.309 e. The molecule has 0 saturated heterocycles. The number of esters is 2. The Kier molecular flexibility index (Phi) is 6.61. The summed E-state index contributed by atoms with van der Waals surface area (Å²) < 4.78 is 11.5. The van der Waals surface area contributed by atoms with Crippen LogP contribution < -0.4 is 0 Å². The van der Waals surface area contributed by atoms with Crippen LogP contribution in [0.3, 0.4) is 0 Å². The van der Waals surface area contributed by atoms with Gasteiger partial charge in [-0.2, -0.15) is 0 Å². The van der Waals surface area contributed by atoms with Gasteiger partial charge in [0.2, 0.25) is 0 Å². The topological polar surface area (TPSA) is 52.6 Å². The molecule has 2 aromatic rings. The lowest BCUT2D eigenvalue weighted by molar-refractivity contribution is -0.166. The van der Waals surface area contributed by atoms with Crippen molar-refractivity contribution in [2.24, 2.45) is 11.8 Å². The van der Waals surface area contributed by atoms with E-state index in [1.165, 1.54) is 5.39 Å². The number of carbonyl (C=O) groups excluding carboxylic acids is 2. The molecule has 1 atom stereocenters. The van der Waals surface area contributed by atoms with Crippen molar-refractivity contribution in [1.82, 2.24) is 0 Å². The van der Waals surface area contributed by atoms with Crippen LogP contribution in [0.5, 0.6) is 0 Å². The van der Waals surface area contributed by atoms with Crippen LogP contribution in [0.15, 0.2) is 42.5 Å². The first-order valence-electron chi connectivity index (χ1n) is 10.7. The van der Waals surface area contributed by atoms with Crippen molar-refractivity contribution in [3.63, 3.8) is 0 Å². The zero-order chi connectivity index (χ0) is 21.0. The van der Waals surface area contributed by atoms with E-state index in [1.807, 2.05) is 45.9 Å². The zero-order valence-corrected chi connectivity index (χ0v) is 17.9. The van der Waals surface area contributed by atoms with E-state index in [0.29, 0.717) is 12.8 Å². The molecule has 0 aliphatic heterocycles. The zero-order valence-electron chi connectivity index (χ0n) is 17.9. The average Bonchev–Trinajstić information content (AvgIpc) is 2.72. The molecule has 156 valence electrons. The predicted molar refractivity (Wildman–Crippen MR) is 114 cm³/mol. The molecule has 29 heavy (non-hydrogen) atoms. The van der Waals surface area contributed by atoms with Crippen molar-refractivity contribution >= 4 is 22.7 Å². The summed E-state index contributed by atoms with van der Waals surface area (Å²) in [5.41, 5.74) is 0.293. The molecule has 0 aromatic heterocycles. The minimum Gasteiger partial charge on any atom is -0.462 e. The minimum absolute atomic E-state index is 0.0690. The molecule has 0 amide bonds. The van der Waals surface area contributed by atoms with E-state index < -0.39 is 5.60 Å². The molecule has 1 aliphatic rings. The van der Waals surface area contributed by atoms with E-state index in [9.17, 15) is 9.59 Å². The summed E-state index contributed by atoms with van der Waals surface area (Å²) in [6, 6.07) is 14.4. The van der Waals surface area contributed by atoms with Crippen molar-refractivity contribution in [1.29, 1.82) is 0 Å². The minimum atomic E-state index is -0.693. The molecule has 1 unspecified atom stereocenters. The van der Waals surface area contributed by atoms with Crippen LogP contribution >= 0.6 is 0 Å². The standard InChI is InChI=1S/C25H32O4/c1-5-17(2)23(26)28-22-14-11-19(12-15-22)24(27)29-25(3,4)21-13-10-18-8-6-7-9-20(18)16-21/h6-10,13,16-17,19,22H,5,11-12,14-15H2,1-4H3. The Bertz CT molecular complexity index is 862. The third-order valence-electron chi connectivity index (χ3n) is 6.11. The summed E-state index contributed by atoms with van der Waals surface area (Å²) >= 11 is 0. The van der Waals surface area contributed by atoms with Gasteiger partial charge in [0.25, 0.3) is 0 Å². The van der Waals surface area contributed by atoms with E-state index in [1.54, 1.807) is 0 Å². The maximum absolute atomic E-state index is 12.8. The van der Waals surface area contributed by atoms with Crippen LogP contribution in [0.4, 0.5) is 0 Å². The van der Waals surface area contributed by atoms with Gasteiger partial charge in [-0.25, -0.2) is 0 Å². The summed E-state index contributed by atoms with van der Waals surface area (Å²) in [6.07, 6.45) is 3.55. The van der Waals surface area contributed by atoms with E-state index in [0.717, 1.165) is 30.2 Å². The second kappa shape index (κ2) is 8.98. The Hall–Kier alpha value is -2.36. The average molecular weight is 397 g/mol. The second-order valence-corrected chi connectivity index (χ2v) is 8.71. The van der Waals surface area contributed by atoms with Gasteiger partial charge >= 0.3 is 11.9 Å². The first-order valence-corrected chi connectivity index (χ1v) is 10.7. The molecule has 0 bridgehead atoms. The Morgan fingerprint density at radius 1 is 1.03 bits per heavy atom. The molecule has 0 heterocycles. The van der Waals surface area contributed by atoms with Gasteiger partial charge in [-0.05, 0) is 68.4 Å². The molecule has 0 spiro atoms. The number of carbonyl (C=O) groups is 2. The molecule has 2 aromatic carbocycles. The Morgan fingerprint density at radius 3 is 2.34 bits per heavy atom. The van der Waals surface area contributed by atoms with Crippen LogP contribution in [0, 0.1) is 11.8 Å². The van der Waals surface area contributed by atoms with Crippen LogP contribution in [0.2, 0.25) is 0 Å². The molecule has 0 N–H and O–H groups in total. The Labute approximate surface area is 173 Å². The molecule has 4 heteroatoms. The van der Waals surface area contributed by atoms with Gasteiger partial charge < -0.3 is 9.47 Å². The third kappa shape index (κ3) is 5.17. The highest BCUT2D eigenvalue weighted by Gasteiger charge is 2.34. The molecule has 0 radical (unpaired) electrons. The van der Waals surface area contributed by atoms with Gasteiger partial charge in [0, 0.05) is 0 Å². The lowest BCUT2D eigenvalue weighted by atomic mass is 9.87. The highest BCUT2D eigenvalue weighted by molar-refractivity contribution is 5.83. The van der Waals surface area contributed by atoms with Crippen molar-refractivity contribution in [2.45, 2.75) is 71.5 Å². The van der Waals surface area contributed by atoms with E-state index in [2.05, 4.69) is 24.3 Å². The van der Waals surface area contributed by atoms with Crippen LogP contribution in [0.25, 0.3) is 10.8 Å². The molecular weight excluding hydrogens is 364 g/mol. The molecule has 1 saturated carbocycles. The fourth-order valence-corrected chi connectivity index (χ4v) is 3.82. The second-order valence-electron chi connectivity index (χ2n) is 8.71. The fourth-order valence-electron chi connectivity index (χ4n) is 3.82. The first-order chi connectivity index (χ1) is 13.8. The summed E-state index contributed by atoms with van der Waals surface area (Å²) in [5.74, 6) is -0.487. The predicted octanol–water partition coefficient (Wildman–Crippen LogP) is 5.77. The molecule has 1 aliphatic carbocycles. The van der Waals surface area contributed by atoms with E-state index in [-0.39, 0.29) is 29.9 Å².